The van der Waals surface area contributed by atoms with E-state index in [9.17, 15) is 19.7 Å². The van der Waals surface area contributed by atoms with E-state index < -0.39 is 16.9 Å². The topological polar surface area (TPSA) is 127 Å². The van der Waals surface area contributed by atoms with E-state index in [2.05, 4.69) is 4.98 Å². The summed E-state index contributed by atoms with van der Waals surface area (Å²) in [5.74, 6) is -1.36. The third-order valence-corrected chi connectivity index (χ3v) is 6.16. The summed E-state index contributed by atoms with van der Waals surface area (Å²) in [7, 11) is 0. The number of esters is 2. The van der Waals surface area contributed by atoms with E-state index in [0.717, 1.165) is 25.7 Å². The second kappa shape index (κ2) is 10.9. The normalized spacial score (nSPS) is 19.5. The maximum Gasteiger partial charge on any atom is 0.340 e. The molecular weight excluding hydrogens is 456 g/mol. The molecule has 186 valence electrons. The number of nitro groups is 1. The van der Waals surface area contributed by atoms with Crippen LogP contribution in [0.15, 0.2) is 24.3 Å². The van der Waals surface area contributed by atoms with Crippen molar-refractivity contribution in [3.05, 3.63) is 56.9 Å². The lowest BCUT2D eigenvalue weighted by Crippen LogP contribution is -2.23. The van der Waals surface area contributed by atoms with Gasteiger partial charge in [-0.25, -0.2) is 9.59 Å². The molecule has 4 rings (SSSR count). The molecule has 1 aromatic carbocycles. The second-order valence-corrected chi connectivity index (χ2v) is 8.68. The minimum atomic E-state index is -0.680. The Balaban J connectivity index is 1.75. The lowest BCUT2D eigenvalue weighted by molar-refractivity contribution is -0.384. The summed E-state index contributed by atoms with van der Waals surface area (Å²) in [6.07, 6.45) is 3.00. The summed E-state index contributed by atoms with van der Waals surface area (Å²) >= 11 is 0. The minimum absolute atomic E-state index is 0.0677. The Labute approximate surface area is 202 Å². The molecule has 0 N–H and O–H groups in total. The molecule has 1 aromatic heterocycles. The number of nitrogens with zero attached hydrogens (tertiary/aromatic N) is 2. The van der Waals surface area contributed by atoms with Gasteiger partial charge in [-0.1, -0.05) is 12.1 Å². The summed E-state index contributed by atoms with van der Waals surface area (Å²) in [5.41, 5.74) is 1.17. The lowest BCUT2D eigenvalue weighted by atomic mass is 9.92. The van der Waals surface area contributed by atoms with Crippen molar-refractivity contribution in [1.82, 2.24) is 4.98 Å². The monoisotopic (exact) mass is 484 g/mol. The molecule has 3 heterocycles. The fraction of sp³-hybridized carbons (Fsp3) is 0.480. The van der Waals surface area contributed by atoms with Gasteiger partial charge >= 0.3 is 11.9 Å². The van der Waals surface area contributed by atoms with Gasteiger partial charge in [0.05, 0.1) is 39.6 Å². The Morgan fingerprint density at radius 3 is 2.00 bits per heavy atom. The first-order valence-electron chi connectivity index (χ1n) is 11.7. The molecule has 0 radical (unpaired) electrons. The number of ether oxygens (including phenoxy) is 4. The molecule has 2 aliphatic heterocycles. The average Bonchev–Trinajstić information content (AvgIpc) is 3.55. The number of pyridine rings is 1. The molecule has 0 bridgehead atoms. The Kier molecular flexibility index (Phi) is 7.72. The highest BCUT2D eigenvalue weighted by Gasteiger charge is 2.30. The van der Waals surface area contributed by atoms with E-state index in [1.54, 1.807) is 19.9 Å². The number of carbonyl (C=O) groups excluding carboxylic acids is 2. The van der Waals surface area contributed by atoms with Crippen LogP contribution >= 0.6 is 0 Å². The van der Waals surface area contributed by atoms with Crippen molar-refractivity contribution in [2.45, 2.75) is 51.7 Å². The van der Waals surface area contributed by atoms with Gasteiger partial charge in [0.1, 0.15) is 13.2 Å². The number of aryl methyl sites for hydroxylation is 2. The molecule has 0 saturated carbocycles. The zero-order valence-corrected chi connectivity index (χ0v) is 19.8. The molecule has 0 aliphatic carbocycles. The first-order chi connectivity index (χ1) is 16.8. The highest BCUT2D eigenvalue weighted by atomic mass is 16.6. The number of nitro benzene ring substituents is 1. The molecule has 0 amide bonds. The second-order valence-electron chi connectivity index (χ2n) is 8.68. The quantitative estimate of drug-likeness (QED) is 0.311. The third-order valence-electron chi connectivity index (χ3n) is 6.16. The van der Waals surface area contributed by atoms with Crippen molar-refractivity contribution in [3.63, 3.8) is 0 Å². The van der Waals surface area contributed by atoms with Crippen molar-refractivity contribution in [3.8, 4) is 11.1 Å². The third kappa shape index (κ3) is 5.66. The average molecular weight is 485 g/mol. The predicted molar refractivity (Wildman–Crippen MR) is 124 cm³/mol. The van der Waals surface area contributed by atoms with E-state index in [4.69, 9.17) is 18.9 Å². The minimum Gasteiger partial charge on any atom is -0.459 e. The van der Waals surface area contributed by atoms with Gasteiger partial charge in [-0.15, -0.1) is 0 Å². The van der Waals surface area contributed by atoms with Crippen LogP contribution in [0.1, 0.15) is 57.8 Å². The molecule has 35 heavy (non-hydrogen) atoms. The van der Waals surface area contributed by atoms with Gasteiger partial charge in [0.2, 0.25) is 0 Å². The van der Waals surface area contributed by atoms with Crippen LogP contribution in [0.25, 0.3) is 11.1 Å². The van der Waals surface area contributed by atoms with Crippen LogP contribution in [0.2, 0.25) is 0 Å². The first-order valence-corrected chi connectivity index (χ1v) is 11.7. The molecule has 2 atom stereocenters. The summed E-state index contributed by atoms with van der Waals surface area (Å²) in [4.78, 5) is 41.9. The highest BCUT2D eigenvalue weighted by Crippen LogP contribution is 2.34. The molecule has 10 nitrogen and oxygen atoms in total. The van der Waals surface area contributed by atoms with Crippen molar-refractivity contribution in [1.29, 1.82) is 0 Å². The van der Waals surface area contributed by atoms with Gasteiger partial charge in [-0.05, 0) is 45.1 Å². The molecule has 10 heteroatoms. The molecule has 2 aromatic rings. The number of hydrogen-bond donors (Lipinski definition) is 0. The van der Waals surface area contributed by atoms with Crippen molar-refractivity contribution in [2.24, 2.45) is 0 Å². The van der Waals surface area contributed by atoms with Crippen LogP contribution in [0.5, 0.6) is 0 Å². The van der Waals surface area contributed by atoms with Crippen LogP contribution in [-0.4, -0.2) is 60.5 Å². The van der Waals surface area contributed by atoms with Gasteiger partial charge in [0, 0.05) is 30.9 Å². The van der Waals surface area contributed by atoms with Gasteiger partial charge in [-0.2, -0.15) is 0 Å². The number of non-ortho nitro benzene ring substituents is 1. The molecule has 2 fully saturated rings. The summed E-state index contributed by atoms with van der Waals surface area (Å²) in [6.45, 7) is 4.65. The molecule has 2 unspecified atom stereocenters. The Bertz CT molecular complexity index is 1060. The lowest BCUT2D eigenvalue weighted by Gasteiger charge is -2.19. The van der Waals surface area contributed by atoms with E-state index in [-0.39, 0.29) is 47.8 Å². The number of rotatable bonds is 8. The van der Waals surface area contributed by atoms with Crippen LogP contribution < -0.4 is 0 Å². The van der Waals surface area contributed by atoms with Gasteiger partial charge < -0.3 is 18.9 Å². The summed E-state index contributed by atoms with van der Waals surface area (Å²) < 4.78 is 22.1. The summed E-state index contributed by atoms with van der Waals surface area (Å²) in [6, 6.07) is 5.77. The van der Waals surface area contributed by atoms with Crippen LogP contribution in [0, 0.1) is 24.0 Å². The number of aromatic nitrogens is 1. The van der Waals surface area contributed by atoms with Gasteiger partial charge in [0.15, 0.2) is 0 Å². The molecule has 2 saturated heterocycles. The van der Waals surface area contributed by atoms with Crippen LogP contribution in [-0.2, 0) is 18.9 Å². The number of benzene rings is 1. The zero-order valence-electron chi connectivity index (χ0n) is 19.8. The van der Waals surface area contributed by atoms with E-state index in [1.807, 2.05) is 0 Å². The van der Waals surface area contributed by atoms with Gasteiger partial charge in [-0.3, -0.25) is 15.1 Å². The molecule has 2 aliphatic rings. The van der Waals surface area contributed by atoms with Crippen molar-refractivity contribution >= 4 is 17.6 Å². The van der Waals surface area contributed by atoms with Crippen LogP contribution in [0.3, 0.4) is 0 Å². The Hall–Kier alpha value is -3.37. The largest absolute Gasteiger partial charge is 0.459 e. The molecule has 0 spiro atoms. The van der Waals surface area contributed by atoms with Crippen LogP contribution in [0.4, 0.5) is 5.69 Å². The van der Waals surface area contributed by atoms with E-state index in [1.165, 1.54) is 18.2 Å². The Morgan fingerprint density at radius 2 is 1.54 bits per heavy atom. The van der Waals surface area contributed by atoms with E-state index >= 15 is 0 Å². The number of hydrogen-bond acceptors (Lipinski definition) is 9. The highest BCUT2D eigenvalue weighted by molar-refractivity contribution is 6.07. The standard InChI is InChI=1S/C25H28N2O8/c1-15-21(24(28)34-13-19-8-4-10-32-19)23(17-6-3-7-18(12-17)27(30)31)22(16(2)26-15)25(29)35-14-20-9-5-11-33-20/h3,6-7,12,19-20H,4-5,8-11,13-14H2,1-2H3. The number of carbonyl (C=O) groups is 2. The summed E-state index contributed by atoms with van der Waals surface area (Å²) in [5, 5.41) is 11.4. The SMILES string of the molecule is Cc1nc(C)c(C(=O)OCC2CCCO2)c(-c2cccc([N+](=O)[O-])c2)c1C(=O)OCC1CCCO1. The van der Waals surface area contributed by atoms with Crippen molar-refractivity contribution in [2.75, 3.05) is 26.4 Å². The Morgan fingerprint density at radius 1 is 1.00 bits per heavy atom. The smallest absolute Gasteiger partial charge is 0.340 e. The first kappa shape index (κ1) is 24.7. The maximum atomic E-state index is 13.3. The van der Waals surface area contributed by atoms with E-state index in [0.29, 0.717) is 30.2 Å². The fourth-order valence-corrected chi connectivity index (χ4v) is 4.45. The predicted octanol–water partition coefficient (Wildman–Crippen LogP) is 3.95. The molecular formula is C25H28N2O8. The maximum absolute atomic E-state index is 13.3. The van der Waals surface area contributed by atoms with Crippen molar-refractivity contribution < 1.29 is 33.5 Å². The zero-order chi connectivity index (χ0) is 24.9. The van der Waals surface area contributed by atoms with Gasteiger partial charge in [0.25, 0.3) is 5.69 Å². The fourth-order valence-electron chi connectivity index (χ4n) is 4.45.